The third-order valence-electron chi connectivity index (χ3n) is 4.54. The first-order valence-corrected chi connectivity index (χ1v) is 7.45. The average molecular weight is 253 g/mol. The molecule has 1 fully saturated rings. The lowest BCUT2D eigenvalue weighted by Crippen LogP contribution is -2.39. The van der Waals surface area contributed by atoms with E-state index in [0.717, 1.165) is 18.8 Å². The Hall–Kier alpha value is -1.50. The number of fused-ring (bicyclic) bond motifs is 2. The lowest BCUT2D eigenvalue weighted by atomic mass is 9.78. The molecule has 3 aliphatic heterocycles. The zero-order chi connectivity index (χ0) is 13.2. The first kappa shape index (κ1) is 12.5. The van der Waals surface area contributed by atoms with Crippen molar-refractivity contribution in [2.45, 2.75) is 32.6 Å². The van der Waals surface area contributed by atoms with Crippen LogP contribution >= 0.6 is 0 Å². The molecular weight excluding hydrogens is 230 g/mol. The Morgan fingerprint density at radius 3 is 2.53 bits per heavy atom. The molecule has 1 aromatic carbocycles. The number of benzene rings is 1. The minimum absolute atomic E-state index is 0.785. The highest BCUT2D eigenvalue weighted by Crippen LogP contribution is 2.43. The summed E-state index contributed by atoms with van der Waals surface area (Å²) in [7, 11) is 0. The number of piperidine rings is 1. The Morgan fingerprint density at radius 2 is 1.89 bits per heavy atom. The van der Waals surface area contributed by atoms with Gasteiger partial charge in [0, 0.05) is 18.8 Å². The van der Waals surface area contributed by atoms with Crippen molar-refractivity contribution >= 4 is 5.57 Å². The topological polar surface area (TPSA) is 3.24 Å². The molecule has 1 aromatic rings. The van der Waals surface area contributed by atoms with Crippen molar-refractivity contribution in [1.82, 2.24) is 4.90 Å². The summed E-state index contributed by atoms with van der Waals surface area (Å²) in [5.41, 5.74) is 6.00. The highest BCUT2D eigenvalue weighted by atomic mass is 15.2. The highest BCUT2D eigenvalue weighted by Gasteiger charge is 2.32. The number of rotatable bonds is 4. The lowest BCUT2D eigenvalue weighted by Gasteiger charge is -2.44. The van der Waals surface area contributed by atoms with E-state index >= 15 is 0 Å². The zero-order valence-corrected chi connectivity index (χ0v) is 11.9. The molecule has 3 aliphatic rings. The molecule has 0 spiro atoms. The normalized spacial score (nSPS) is 19.1. The van der Waals surface area contributed by atoms with Crippen LogP contribution in [-0.2, 0) is 0 Å². The van der Waals surface area contributed by atoms with E-state index in [9.17, 15) is 0 Å². The third kappa shape index (κ3) is 2.34. The molecular formula is C18H23N. The minimum Gasteiger partial charge on any atom is -0.375 e. The van der Waals surface area contributed by atoms with Crippen molar-refractivity contribution in [1.29, 1.82) is 0 Å². The van der Waals surface area contributed by atoms with Gasteiger partial charge in [-0.1, -0.05) is 35.9 Å². The second kappa shape index (κ2) is 5.24. The number of hydrogen-bond acceptors (Lipinski definition) is 1. The predicted octanol–water partition coefficient (Wildman–Crippen LogP) is 4.40. The molecule has 4 rings (SSSR count). The maximum absolute atomic E-state index is 3.88. The van der Waals surface area contributed by atoms with Gasteiger partial charge in [-0.3, -0.25) is 0 Å². The highest BCUT2D eigenvalue weighted by molar-refractivity contribution is 5.72. The van der Waals surface area contributed by atoms with Gasteiger partial charge in [0.2, 0.25) is 0 Å². The number of aryl methyl sites for hydroxylation is 1. The van der Waals surface area contributed by atoms with Crippen LogP contribution < -0.4 is 0 Å². The molecule has 0 amide bonds. The van der Waals surface area contributed by atoms with E-state index in [1.165, 1.54) is 37.1 Å². The first-order valence-electron chi connectivity index (χ1n) is 7.45. The van der Waals surface area contributed by atoms with E-state index in [2.05, 4.69) is 42.7 Å². The SMILES string of the molecule is C=CCCC1=C(c2ccc(C)cc2)C2CCN1CC2. The summed E-state index contributed by atoms with van der Waals surface area (Å²) in [6.45, 7) is 8.55. The van der Waals surface area contributed by atoms with E-state index in [4.69, 9.17) is 0 Å². The van der Waals surface area contributed by atoms with E-state index in [1.54, 1.807) is 11.3 Å². The number of allylic oxidation sites excluding steroid dienone is 3. The van der Waals surface area contributed by atoms with E-state index in [0.29, 0.717) is 0 Å². The van der Waals surface area contributed by atoms with E-state index in [-0.39, 0.29) is 0 Å². The molecule has 1 saturated heterocycles. The standard InChI is InChI=1S/C18H23N/c1-3-4-5-17-18(15-8-6-14(2)7-9-15)16-10-12-19(17)13-11-16/h3,6-9,16H,1,4-5,10-13H2,2H3. The van der Waals surface area contributed by atoms with Gasteiger partial charge < -0.3 is 4.90 Å². The molecule has 0 aliphatic carbocycles. The summed E-state index contributed by atoms with van der Waals surface area (Å²) >= 11 is 0. The van der Waals surface area contributed by atoms with Crippen molar-refractivity contribution in [3.63, 3.8) is 0 Å². The lowest BCUT2D eigenvalue weighted by molar-refractivity contribution is 0.222. The largest absolute Gasteiger partial charge is 0.375 e. The summed E-state index contributed by atoms with van der Waals surface area (Å²) < 4.78 is 0. The molecule has 100 valence electrons. The summed E-state index contributed by atoms with van der Waals surface area (Å²) in [6, 6.07) is 9.09. The first-order chi connectivity index (χ1) is 9.29. The van der Waals surface area contributed by atoms with Crippen molar-refractivity contribution in [2.24, 2.45) is 5.92 Å². The molecule has 1 nitrogen and oxygen atoms in total. The van der Waals surface area contributed by atoms with Crippen LogP contribution in [0.4, 0.5) is 0 Å². The van der Waals surface area contributed by atoms with Gasteiger partial charge in [-0.2, -0.15) is 0 Å². The van der Waals surface area contributed by atoms with Crippen LogP contribution in [0.1, 0.15) is 36.8 Å². The third-order valence-corrected chi connectivity index (χ3v) is 4.54. The van der Waals surface area contributed by atoms with Gasteiger partial charge in [-0.15, -0.1) is 6.58 Å². The summed E-state index contributed by atoms with van der Waals surface area (Å²) in [6.07, 6.45) is 6.96. The fourth-order valence-electron chi connectivity index (χ4n) is 3.51. The molecule has 2 bridgehead atoms. The molecule has 0 aromatic heterocycles. The minimum atomic E-state index is 0.785. The second-order valence-electron chi connectivity index (χ2n) is 5.82. The summed E-state index contributed by atoms with van der Waals surface area (Å²) in [5.74, 6) is 0.785. The van der Waals surface area contributed by atoms with Crippen molar-refractivity contribution in [3.8, 4) is 0 Å². The molecule has 19 heavy (non-hydrogen) atoms. The Labute approximate surface area is 116 Å². The van der Waals surface area contributed by atoms with Crippen LogP contribution in [0.3, 0.4) is 0 Å². The van der Waals surface area contributed by atoms with Crippen molar-refractivity contribution < 1.29 is 0 Å². The predicted molar refractivity (Wildman–Crippen MR) is 81.8 cm³/mol. The molecule has 0 unspecified atom stereocenters. The molecule has 3 heterocycles. The maximum Gasteiger partial charge on any atom is 0.0180 e. The van der Waals surface area contributed by atoms with Gasteiger partial charge in [0.25, 0.3) is 0 Å². The van der Waals surface area contributed by atoms with Crippen molar-refractivity contribution in [2.75, 3.05) is 13.1 Å². The van der Waals surface area contributed by atoms with Crippen LogP contribution in [0.2, 0.25) is 0 Å². The van der Waals surface area contributed by atoms with Gasteiger partial charge in [0.1, 0.15) is 0 Å². The van der Waals surface area contributed by atoms with Gasteiger partial charge in [-0.05, 0) is 49.7 Å². The average Bonchev–Trinajstić information content (AvgIpc) is 2.47. The van der Waals surface area contributed by atoms with Gasteiger partial charge in [-0.25, -0.2) is 0 Å². The smallest absolute Gasteiger partial charge is 0.0180 e. The van der Waals surface area contributed by atoms with Crippen molar-refractivity contribution in [3.05, 3.63) is 53.7 Å². The number of nitrogens with zero attached hydrogens (tertiary/aromatic N) is 1. The van der Waals surface area contributed by atoms with Crippen LogP contribution in [0.25, 0.3) is 5.57 Å². The Kier molecular flexibility index (Phi) is 3.46. The van der Waals surface area contributed by atoms with Gasteiger partial charge >= 0.3 is 0 Å². The molecule has 0 atom stereocenters. The van der Waals surface area contributed by atoms with E-state index in [1.807, 2.05) is 6.08 Å². The Balaban J connectivity index is 2.01. The fourth-order valence-corrected chi connectivity index (χ4v) is 3.51. The molecule has 0 N–H and O–H groups in total. The van der Waals surface area contributed by atoms with Crippen LogP contribution in [0.15, 0.2) is 42.6 Å². The van der Waals surface area contributed by atoms with Crippen LogP contribution in [0.5, 0.6) is 0 Å². The van der Waals surface area contributed by atoms with Crippen LogP contribution in [-0.4, -0.2) is 18.0 Å². The van der Waals surface area contributed by atoms with Crippen LogP contribution in [0, 0.1) is 12.8 Å². The fraction of sp³-hybridized carbons (Fsp3) is 0.444. The molecule has 0 saturated carbocycles. The number of hydrogen-bond donors (Lipinski definition) is 0. The summed E-state index contributed by atoms with van der Waals surface area (Å²) in [5, 5.41) is 0. The second-order valence-corrected chi connectivity index (χ2v) is 5.82. The van der Waals surface area contributed by atoms with E-state index < -0.39 is 0 Å². The molecule has 0 radical (unpaired) electrons. The summed E-state index contributed by atoms with van der Waals surface area (Å²) in [4.78, 5) is 2.61. The Morgan fingerprint density at radius 1 is 1.21 bits per heavy atom. The maximum atomic E-state index is 3.88. The zero-order valence-electron chi connectivity index (χ0n) is 11.9. The van der Waals surface area contributed by atoms with Gasteiger partial charge in [0.05, 0.1) is 0 Å². The quantitative estimate of drug-likeness (QED) is 0.719. The van der Waals surface area contributed by atoms with Gasteiger partial charge in [0.15, 0.2) is 0 Å². The monoisotopic (exact) mass is 253 g/mol. The Bertz CT molecular complexity index is 487. The molecule has 1 heteroatoms.